The van der Waals surface area contributed by atoms with Gasteiger partial charge in [0.05, 0.1) is 14.2 Å². The zero-order valence-electron chi connectivity index (χ0n) is 20.4. The summed E-state index contributed by atoms with van der Waals surface area (Å²) in [7, 11) is 3.38. The fourth-order valence-electron chi connectivity index (χ4n) is 4.30. The first-order valence-electron chi connectivity index (χ1n) is 11.9. The Bertz CT molecular complexity index is 1290. The molecule has 0 N–H and O–H groups in total. The summed E-state index contributed by atoms with van der Waals surface area (Å²) in [4.78, 5) is 4.45. The number of rotatable bonds is 8. The van der Waals surface area contributed by atoms with Gasteiger partial charge in [0, 0.05) is 46.3 Å². The van der Waals surface area contributed by atoms with E-state index in [1.165, 1.54) is 0 Å². The van der Waals surface area contributed by atoms with Gasteiger partial charge in [0.2, 0.25) is 0 Å². The van der Waals surface area contributed by atoms with Crippen LogP contribution in [-0.4, -0.2) is 14.2 Å². The molecular weight excluding hydrogens is 444 g/mol. The fourth-order valence-corrected chi connectivity index (χ4v) is 4.30. The number of nitrogens with zero attached hydrogens (tertiary/aromatic N) is 2. The van der Waals surface area contributed by atoms with E-state index in [-0.39, 0.29) is 0 Å². The first kappa shape index (κ1) is 23.1. The average molecular weight is 473 g/mol. The van der Waals surface area contributed by atoms with Crippen LogP contribution in [0, 0.1) is 0 Å². The zero-order chi connectivity index (χ0) is 24.7. The molecule has 0 radical (unpaired) electrons. The van der Waals surface area contributed by atoms with E-state index in [0.29, 0.717) is 0 Å². The van der Waals surface area contributed by atoms with Crippen LogP contribution in [0.5, 0.6) is 11.5 Å². The van der Waals surface area contributed by atoms with Gasteiger partial charge in [0.15, 0.2) is 0 Å². The summed E-state index contributed by atoms with van der Waals surface area (Å²) >= 11 is 0. The van der Waals surface area contributed by atoms with Gasteiger partial charge in [-0.3, -0.25) is 0 Å². The van der Waals surface area contributed by atoms with Crippen molar-refractivity contribution in [1.82, 2.24) is 0 Å². The van der Waals surface area contributed by atoms with E-state index in [9.17, 15) is 0 Å². The molecule has 0 heterocycles. The fraction of sp³-hybridized carbons (Fsp3) is 0.0625. The molecule has 0 amide bonds. The highest BCUT2D eigenvalue weighted by Crippen LogP contribution is 2.40. The summed E-state index contributed by atoms with van der Waals surface area (Å²) in [6.07, 6.45) is 0. The molecule has 36 heavy (non-hydrogen) atoms. The SMILES string of the molecule is COc1cccc(N(c2ccccc2)c2ccc(N(c3ccccc3)c3cccc(OC)c3)cc2)c1. The largest absolute Gasteiger partial charge is 0.497 e. The van der Waals surface area contributed by atoms with E-state index in [1.54, 1.807) is 14.2 Å². The van der Waals surface area contributed by atoms with Gasteiger partial charge >= 0.3 is 0 Å². The predicted molar refractivity (Wildman–Crippen MR) is 149 cm³/mol. The van der Waals surface area contributed by atoms with E-state index in [1.807, 2.05) is 48.5 Å². The Morgan fingerprint density at radius 3 is 1.06 bits per heavy atom. The summed E-state index contributed by atoms with van der Waals surface area (Å²) in [6.45, 7) is 0. The normalized spacial score (nSPS) is 10.5. The van der Waals surface area contributed by atoms with Crippen LogP contribution >= 0.6 is 0 Å². The quantitative estimate of drug-likeness (QED) is 0.226. The molecule has 0 aliphatic heterocycles. The number of ether oxygens (including phenoxy) is 2. The summed E-state index contributed by atoms with van der Waals surface area (Å²) in [6, 6.07) is 45.5. The molecule has 0 atom stereocenters. The third-order valence-electron chi connectivity index (χ3n) is 6.02. The minimum absolute atomic E-state index is 0.818. The standard InChI is InChI=1S/C32H28N2O2/c1-35-31-17-9-15-29(23-31)33(25-11-5-3-6-12-25)27-19-21-28(22-20-27)34(26-13-7-4-8-14-26)30-16-10-18-32(24-30)36-2/h3-24H,1-2H3. The molecule has 0 saturated heterocycles. The van der Waals surface area contributed by atoms with Crippen molar-refractivity contribution >= 4 is 34.1 Å². The third-order valence-corrected chi connectivity index (χ3v) is 6.02. The highest BCUT2D eigenvalue weighted by Gasteiger charge is 2.16. The average Bonchev–Trinajstić information content (AvgIpc) is 2.96. The van der Waals surface area contributed by atoms with E-state index >= 15 is 0 Å². The Hall–Kier alpha value is -4.70. The summed E-state index contributed by atoms with van der Waals surface area (Å²) < 4.78 is 11.0. The van der Waals surface area contributed by atoms with Crippen LogP contribution in [0.4, 0.5) is 34.1 Å². The lowest BCUT2D eigenvalue weighted by Crippen LogP contribution is -2.12. The van der Waals surface area contributed by atoms with Gasteiger partial charge in [-0.1, -0.05) is 48.5 Å². The van der Waals surface area contributed by atoms with Crippen LogP contribution in [0.3, 0.4) is 0 Å². The first-order chi connectivity index (χ1) is 17.8. The van der Waals surface area contributed by atoms with Crippen molar-refractivity contribution in [2.75, 3.05) is 24.0 Å². The lowest BCUT2D eigenvalue weighted by Gasteiger charge is -2.28. The van der Waals surface area contributed by atoms with Crippen molar-refractivity contribution in [2.45, 2.75) is 0 Å². The Morgan fingerprint density at radius 1 is 0.361 bits per heavy atom. The summed E-state index contributed by atoms with van der Waals surface area (Å²) in [5.41, 5.74) is 6.31. The molecule has 0 bridgehead atoms. The van der Waals surface area contributed by atoms with Gasteiger partial charge < -0.3 is 19.3 Å². The Morgan fingerprint density at radius 2 is 0.694 bits per heavy atom. The van der Waals surface area contributed by atoms with Crippen molar-refractivity contribution in [2.24, 2.45) is 0 Å². The summed E-state index contributed by atoms with van der Waals surface area (Å²) in [5, 5.41) is 0. The number of benzene rings is 5. The molecular formula is C32H28N2O2. The third kappa shape index (κ3) is 4.89. The molecule has 178 valence electrons. The molecule has 0 fully saturated rings. The molecule has 0 spiro atoms. The molecule has 4 nitrogen and oxygen atoms in total. The number of hydrogen-bond acceptors (Lipinski definition) is 4. The van der Waals surface area contributed by atoms with Gasteiger partial charge in [-0.05, 0) is 72.8 Å². The molecule has 4 heteroatoms. The predicted octanol–water partition coefficient (Wildman–Crippen LogP) is 8.64. The van der Waals surface area contributed by atoms with E-state index in [0.717, 1.165) is 45.6 Å². The Balaban J connectivity index is 1.58. The highest BCUT2D eigenvalue weighted by atomic mass is 16.5. The maximum Gasteiger partial charge on any atom is 0.120 e. The second kappa shape index (κ2) is 10.7. The van der Waals surface area contributed by atoms with Crippen LogP contribution in [0.15, 0.2) is 133 Å². The topological polar surface area (TPSA) is 24.9 Å². The highest BCUT2D eigenvalue weighted by molar-refractivity contribution is 5.81. The molecule has 5 aromatic carbocycles. The minimum atomic E-state index is 0.818. The molecule has 0 aliphatic rings. The van der Waals surface area contributed by atoms with Crippen LogP contribution in [-0.2, 0) is 0 Å². The second-order valence-corrected chi connectivity index (χ2v) is 8.26. The van der Waals surface area contributed by atoms with Crippen molar-refractivity contribution in [3.63, 3.8) is 0 Å². The van der Waals surface area contributed by atoms with Gasteiger partial charge in [-0.15, -0.1) is 0 Å². The molecule has 5 rings (SSSR count). The maximum atomic E-state index is 5.50. The number of para-hydroxylation sites is 2. The lowest BCUT2D eigenvalue weighted by molar-refractivity contribution is 0.415. The van der Waals surface area contributed by atoms with Gasteiger partial charge in [0.1, 0.15) is 11.5 Å². The molecule has 0 saturated carbocycles. The van der Waals surface area contributed by atoms with Crippen LogP contribution < -0.4 is 19.3 Å². The van der Waals surface area contributed by atoms with Crippen molar-refractivity contribution in [3.05, 3.63) is 133 Å². The second-order valence-electron chi connectivity index (χ2n) is 8.26. The maximum absolute atomic E-state index is 5.50. The monoisotopic (exact) mass is 472 g/mol. The number of methoxy groups -OCH3 is 2. The van der Waals surface area contributed by atoms with Gasteiger partial charge in [0.25, 0.3) is 0 Å². The minimum Gasteiger partial charge on any atom is -0.497 e. The van der Waals surface area contributed by atoms with Crippen molar-refractivity contribution in [3.8, 4) is 11.5 Å². The van der Waals surface area contributed by atoms with Crippen LogP contribution in [0.25, 0.3) is 0 Å². The summed E-state index contributed by atoms with van der Waals surface area (Å²) in [5.74, 6) is 1.64. The Labute approximate surface area is 212 Å². The van der Waals surface area contributed by atoms with Crippen molar-refractivity contribution in [1.29, 1.82) is 0 Å². The smallest absolute Gasteiger partial charge is 0.120 e. The van der Waals surface area contributed by atoms with Crippen LogP contribution in [0.1, 0.15) is 0 Å². The zero-order valence-corrected chi connectivity index (χ0v) is 20.4. The van der Waals surface area contributed by atoms with Gasteiger partial charge in [-0.25, -0.2) is 0 Å². The lowest BCUT2D eigenvalue weighted by atomic mass is 10.1. The number of anilines is 6. The molecule has 0 unspecified atom stereocenters. The van der Waals surface area contributed by atoms with E-state index in [4.69, 9.17) is 9.47 Å². The van der Waals surface area contributed by atoms with Crippen molar-refractivity contribution < 1.29 is 9.47 Å². The molecule has 0 aromatic heterocycles. The van der Waals surface area contributed by atoms with E-state index in [2.05, 4.69) is 94.7 Å². The van der Waals surface area contributed by atoms with E-state index < -0.39 is 0 Å². The Kier molecular flexibility index (Phi) is 6.86. The number of hydrogen-bond donors (Lipinski definition) is 0. The molecule has 5 aromatic rings. The molecule has 0 aliphatic carbocycles. The first-order valence-corrected chi connectivity index (χ1v) is 11.9. The van der Waals surface area contributed by atoms with Gasteiger partial charge in [-0.2, -0.15) is 0 Å². The van der Waals surface area contributed by atoms with Crippen LogP contribution in [0.2, 0.25) is 0 Å².